The Morgan fingerprint density at radius 3 is 2.29 bits per heavy atom. The van der Waals surface area contributed by atoms with Gasteiger partial charge in [0.15, 0.2) is 0 Å². The molecule has 0 aliphatic heterocycles. The van der Waals surface area contributed by atoms with Gasteiger partial charge in [0, 0.05) is 8.95 Å². The number of imidazole rings is 1. The molecule has 0 aliphatic carbocycles. The van der Waals surface area contributed by atoms with Gasteiger partial charge in [-0.05, 0) is 56.1 Å². The van der Waals surface area contributed by atoms with Crippen LogP contribution in [0.1, 0.15) is 5.82 Å². The highest BCUT2D eigenvalue weighted by Gasteiger charge is 2.17. The van der Waals surface area contributed by atoms with Crippen molar-refractivity contribution in [1.82, 2.24) is 9.55 Å². The Morgan fingerprint density at radius 1 is 1.05 bits per heavy atom. The van der Waals surface area contributed by atoms with E-state index in [1.165, 1.54) is 0 Å². The zero-order chi connectivity index (χ0) is 15.1. The van der Waals surface area contributed by atoms with Gasteiger partial charge in [-0.15, -0.1) is 11.6 Å². The fourth-order valence-electron chi connectivity index (χ4n) is 2.16. The molecule has 0 bridgehead atoms. The first kappa shape index (κ1) is 15.6. The second kappa shape index (κ2) is 6.09. The molecule has 3 aromatic rings. The number of hydrogen-bond donors (Lipinski definition) is 0. The van der Waals surface area contributed by atoms with Gasteiger partial charge in [-0.3, -0.25) is 4.57 Å². The maximum atomic E-state index is 6.15. The fourth-order valence-corrected chi connectivity index (χ4v) is 4.01. The fraction of sp³-hybridized carbons (Fsp3) is 0.0714. The van der Waals surface area contributed by atoms with Gasteiger partial charge in [-0.25, -0.2) is 4.98 Å². The van der Waals surface area contributed by atoms with Gasteiger partial charge < -0.3 is 0 Å². The Kier molecular flexibility index (Phi) is 4.53. The van der Waals surface area contributed by atoms with E-state index in [0.717, 1.165) is 31.5 Å². The van der Waals surface area contributed by atoms with E-state index in [-0.39, 0.29) is 5.88 Å². The lowest BCUT2D eigenvalue weighted by atomic mass is 10.2. The number of para-hydroxylation sites is 1. The molecule has 0 atom stereocenters. The second-order valence-electron chi connectivity index (χ2n) is 4.32. The van der Waals surface area contributed by atoms with E-state index in [1.807, 2.05) is 22.8 Å². The van der Waals surface area contributed by atoms with Crippen molar-refractivity contribution in [1.29, 1.82) is 0 Å². The van der Waals surface area contributed by atoms with Crippen molar-refractivity contribution in [2.75, 3.05) is 0 Å². The lowest BCUT2D eigenvalue weighted by Crippen LogP contribution is -2.01. The molecule has 7 heteroatoms. The van der Waals surface area contributed by atoms with Crippen molar-refractivity contribution in [3.8, 4) is 5.69 Å². The molecule has 3 rings (SSSR count). The minimum atomic E-state index is 0.275. The summed E-state index contributed by atoms with van der Waals surface area (Å²) in [7, 11) is 0. The van der Waals surface area contributed by atoms with Crippen molar-refractivity contribution in [2.45, 2.75) is 5.88 Å². The van der Waals surface area contributed by atoms with E-state index >= 15 is 0 Å². The quantitative estimate of drug-likeness (QED) is 0.387. The van der Waals surface area contributed by atoms with Crippen LogP contribution in [0.3, 0.4) is 0 Å². The number of hydrogen-bond acceptors (Lipinski definition) is 1. The summed E-state index contributed by atoms with van der Waals surface area (Å²) >= 11 is 25.4. The van der Waals surface area contributed by atoms with Crippen LogP contribution in [-0.2, 0) is 5.88 Å². The average molecular weight is 469 g/mol. The summed E-state index contributed by atoms with van der Waals surface area (Å²) in [6, 6.07) is 9.41. The molecule has 0 N–H and O–H groups in total. The molecule has 2 aromatic carbocycles. The Labute approximate surface area is 153 Å². The third-order valence-electron chi connectivity index (χ3n) is 3.05. The van der Waals surface area contributed by atoms with E-state index < -0.39 is 0 Å². The number of alkyl halides is 1. The molecule has 0 saturated heterocycles. The molecule has 108 valence electrons. The van der Waals surface area contributed by atoms with Crippen LogP contribution in [0, 0.1) is 0 Å². The standard InChI is InChI=1S/C14H7Br2Cl3N2/c15-7-2-1-3-8(16)14(7)21-12-5-10(19)9(18)4-11(12)20-13(21)6-17/h1-5H,6H2. The number of halogens is 5. The molecule has 2 nitrogen and oxygen atoms in total. The Hall–Kier alpha value is -0.260. The predicted octanol–water partition coefficient (Wildman–Crippen LogP) is 6.60. The highest BCUT2D eigenvalue weighted by Crippen LogP contribution is 2.35. The Balaban J connectivity index is 2.43. The first-order chi connectivity index (χ1) is 10.0. The van der Waals surface area contributed by atoms with Crippen molar-refractivity contribution < 1.29 is 0 Å². The van der Waals surface area contributed by atoms with Gasteiger partial charge >= 0.3 is 0 Å². The zero-order valence-corrected chi connectivity index (χ0v) is 15.8. The van der Waals surface area contributed by atoms with Gasteiger partial charge in [0.05, 0.1) is 32.6 Å². The molecule has 0 saturated carbocycles. The molecule has 0 spiro atoms. The van der Waals surface area contributed by atoms with E-state index in [0.29, 0.717) is 10.0 Å². The van der Waals surface area contributed by atoms with Crippen LogP contribution in [0.2, 0.25) is 10.0 Å². The predicted molar refractivity (Wildman–Crippen MR) is 96.0 cm³/mol. The minimum Gasteiger partial charge on any atom is -0.293 e. The smallest absolute Gasteiger partial charge is 0.129 e. The van der Waals surface area contributed by atoms with Gasteiger partial charge in [0.1, 0.15) is 5.82 Å². The zero-order valence-electron chi connectivity index (χ0n) is 10.4. The summed E-state index contributed by atoms with van der Waals surface area (Å²) in [6.07, 6.45) is 0. The maximum Gasteiger partial charge on any atom is 0.129 e. The molecule has 0 radical (unpaired) electrons. The van der Waals surface area contributed by atoms with Crippen molar-refractivity contribution in [3.63, 3.8) is 0 Å². The lowest BCUT2D eigenvalue weighted by Gasteiger charge is -2.12. The number of rotatable bonds is 2. The van der Waals surface area contributed by atoms with Crippen LogP contribution < -0.4 is 0 Å². The summed E-state index contributed by atoms with van der Waals surface area (Å²) in [5.41, 5.74) is 2.53. The second-order valence-corrected chi connectivity index (χ2v) is 7.11. The van der Waals surface area contributed by atoms with Crippen LogP contribution in [0.4, 0.5) is 0 Å². The van der Waals surface area contributed by atoms with Crippen LogP contribution >= 0.6 is 66.7 Å². The van der Waals surface area contributed by atoms with Crippen LogP contribution in [-0.4, -0.2) is 9.55 Å². The highest BCUT2D eigenvalue weighted by atomic mass is 79.9. The minimum absolute atomic E-state index is 0.275. The van der Waals surface area contributed by atoms with Crippen LogP contribution in [0.5, 0.6) is 0 Å². The molecule has 0 unspecified atom stereocenters. The summed E-state index contributed by atoms with van der Waals surface area (Å²) in [5, 5.41) is 0.954. The van der Waals surface area contributed by atoms with Crippen molar-refractivity contribution >= 4 is 77.7 Å². The van der Waals surface area contributed by atoms with Gasteiger partial charge in [-0.2, -0.15) is 0 Å². The molecule has 0 amide bonds. The van der Waals surface area contributed by atoms with Gasteiger partial charge in [-0.1, -0.05) is 29.3 Å². The molecule has 21 heavy (non-hydrogen) atoms. The SMILES string of the molecule is ClCc1nc2cc(Cl)c(Cl)cc2n1-c1c(Br)cccc1Br. The largest absolute Gasteiger partial charge is 0.293 e. The van der Waals surface area contributed by atoms with E-state index in [4.69, 9.17) is 34.8 Å². The molecule has 0 aliphatic rings. The molecule has 1 heterocycles. The van der Waals surface area contributed by atoms with Crippen molar-refractivity contribution in [3.05, 3.63) is 55.1 Å². The molecular weight excluding hydrogens is 462 g/mol. The van der Waals surface area contributed by atoms with Gasteiger partial charge in [0.2, 0.25) is 0 Å². The van der Waals surface area contributed by atoms with Crippen LogP contribution in [0.15, 0.2) is 39.3 Å². The maximum absolute atomic E-state index is 6.15. The first-order valence-electron chi connectivity index (χ1n) is 5.89. The van der Waals surface area contributed by atoms with E-state index in [2.05, 4.69) is 36.8 Å². The van der Waals surface area contributed by atoms with Crippen LogP contribution in [0.25, 0.3) is 16.7 Å². The number of nitrogens with zero attached hydrogens (tertiary/aromatic N) is 2. The third kappa shape index (κ3) is 2.73. The summed E-state index contributed by atoms with van der Waals surface area (Å²) in [6.45, 7) is 0. The molecule has 0 fully saturated rings. The lowest BCUT2D eigenvalue weighted by molar-refractivity contribution is 0.972. The van der Waals surface area contributed by atoms with E-state index in [1.54, 1.807) is 12.1 Å². The molecule has 1 aromatic heterocycles. The highest BCUT2D eigenvalue weighted by molar-refractivity contribution is 9.11. The first-order valence-corrected chi connectivity index (χ1v) is 8.77. The Morgan fingerprint density at radius 2 is 1.67 bits per heavy atom. The Bertz CT molecular complexity index is 826. The van der Waals surface area contributed by atoms with Crippen molar-refractivity contribution in [2.24, 2.45) is 0 Å². The summed E-state index contributed by atoms with van der Waals surface area (Å²) in [4.78, 5) is 4.54. The topological polar surface area (TPSA) is 17.8 Å². The van der Waals surface area contributed by atoms with Gasteiger partial charge in [0.25, 0.3) is 0 Å². The van der Waals surface area contributed by atoms with E-state index in [9.17, 15) is 0 Å². The summed E-state index contributed by atoms with van der Waals surface area (Å²) in [5.74, 6) is 0.995. The molecular formula is C14H7Br2Cl3N2. The third-order valence-corrected chi connectivity index (χ3v) is 5.29. The summed E-state index contributed by atoms with van der Waals surface area (Å²) < 4.78 is 3.82. The normalized spacial score (nSPS) is 11.3. The number of fused-ring (bicyclic) bond motifs is 1. The number of aromatic nitrogens is 2. The number of benzene rings is 2. The average Bonchev–Trinajstić information content (AvgIpc) is 2.77. The monoisotopic (exact) mass is 466 g/mol.